The zero-order valence-corrected chi connectivity index (χ0v) is 11.4. The van der Waals surface area contributed by atoms with Crippen molar-refractivity contribution in [3.05, 3.63) is 30.3 Å². The number of nitrogens with zero attached hydrogens (tertiary/aromatic N) is 1. The van der Waals surface area contributed by atoms with Crippen LogP contribution in [-0.4, -0.2) is 35.7 Å². The van der Waals surface area contributed by atoms with Crippen LogP contribution in [0.15, 0.2) is 30.3 Å². The summed E-state index contributed by atoms with van der Waals surface area (Å²) in [5.74, 6) is 0.418. The number of carbonyl (C=O) groups excluding carboxylic acids is 1. The third-order valence-electron chi connectivity index (χ3n) is 3.97. The van der Waals surface area contributed by atoms with E-state index in [9.17, 15) is 4.79 Å². The Morgan fingerprint density at radius 3 is 2.47 bits per heavy atom. The number of rotatable bonds is 3. The van der Waals surface area contributed by atoms with E-state index < -0.39 is 0 Å². The Kier molecular flexibility index (Phi) is 4.80. The highest BCUT2D eigenvalue weighted by molar-refractivity contribution is 5.89. The molecule has 0 aliphatic heterocycles. The summed E-state index contributed by atoms with van der Waals surface area (Å²) >= 11 is 0. The van der Waals surface area contributed by atoms with Gasteiger partial charge in [0.1, 0.15) is 0 Å². The number of benzene rings is 1. The molecule has 0 bridgehead atoms. The lowest BCUT2D eigenvalue weighted by atomic mass is 9.86. The van der Waals surface area contributed by atoms with Gasteiger partial charge in [-0.2, -0.15) is 0 Å². The summed E-state index contributed by atoms with van der Waals surface area (Å²) < 4.78 is 0. The molecule has 1 aromatic carbocycles. The minimum atomic E-state index is -0.0568. The molecule has 0 atom stereocenters. The van der Waals surface area contributed by atoms with E-state index in [4.69, 9.17) is 5.11 Å². The molecule has 19 heavy (non-hydrogen) atoms. The second-order valence-electron chi connectivity index (χ2n) is 5.26. The molecule has 0 unspecified atom stereocenters. The second-order valence-corrected chi connectivity index (χ2v) is 5.26. The fraction of sp³-hybridized carbons (Fsp3) is 0.533. The number of nitrogens with one attached hydrogen (secondary N) is 1. The SMILES string of the molecule is CN(C(=O)Nc1ccccc1)C1CCC(CO)CC1. The van der Waals surface area contributed by atoms with Crippen molar-refractivity contribution in [1.29, 1.82) is 0 Å². The molecule has 4 heteroatoms. The van der Waals surface area contributed by atoms with Crippen LogP contribution >= 0.6 is 0 Å². The lowest BCUT2D eigenvalue weighted by Gasteiger charge is -2.34. The van der Waals surface area contributed by atoms with Crippen molar-refractivity contribution in [3.63, 3.8) is 0 Å². The maximum atomic E-state index is 12.1. The maximum absolute atomic E-state index is 12.1. The average molecular weight is 262 g/mol. The molecule has 2 N–H and O–H groups in total. The first-order chi connectivity index (χ1) is 9.20. The van der Waals surface area contributed by atoms with Gasteiger partial charge in [-0.3, -0.25) is 0 Å². The van der Waals surface area contributed by atoms with Gasteiger partial charge in [0, 0.05) is 25.4 Å². The standard InChI is InChI=1S/C15H22N2O2/c1-17(14-9-7-12(11-18)8-10-14)15(19)16-13-5-3-2-4-6-13/h2-6,12,14,18H,7-11H2,1H3,(H,16,19). The van der Waals surface area contributed by atoms with Gasteiger partial charge >= 0.3 is 6.03 Å². The molecule has 0 saturated heterocycles. The number of hydrogen-bond donors (Lipinski definition) is 2. The molecule has 104 valence electrons. The maximum Gasteiger partial charge on any atom is 0.321 e. The van der Waals surface area contributed by atoms with Crippen LogP contribution in [-0.2, 0) is 0 Å². The molecule has 1 aliphatic rings. The van der Waals surface area contributed by atoms with Gasteiger partial charge in [0.2, 0.25) is 0 Å². The molecular weight excluding hydrogens is 240 g/mol. The van der Waals surface area contributed by atoms with E-state index in [1.165, 1.54) is 0 Å². The Labute approximate surface area is 114 Å². The Balaban J connectivity index is 1.86. The third-order valence-corrected chi connectivity index (χ3v) is 3.97. The number of amides is 2. The Hall–Kier alpha value is -1.55. The van der Waals surface area contributed by atoms with Crippen LogP contribution in [0, 0.1) is 5.92 Å². The number of carbonyl (C=O) groups is 1. The topological polar surface area (TPSA) is 52.6 Å². The number of hydrogen-bond acceptors (Lipinski definition) is 2. The lowest BCUT2D eigenvalue weighted by molar-refractivity contribution is 0.139. The van der Waals surface area contributed by atoms with Crippen molar-refractivity contribution in [3.8, 4) is 0 Å². The quantitative estimate of drug-likeness (QED) is 0.880. The van der Waals surface area contributed by atoms with Gasteiger partial charge in [0.05, 0.1) is 0 Å². The lowest BCUT2D eigenvalue weighted by Crippen LogP contribution is -2.42. The highest BCUT2D eigenvalue weighted by Gasteiger charge is 2.26. The van der Waals surface area contributed by atoms with Crippen molar-refractivity contribution in [2.75, 3.05) is 19.0 Å². The molecule has 1 saturated carbocycles. The van der Waals surface area contributed by atoms with Crippen LogP contribution in [0.4, 0.5) is 10.5 Å². The highest BCUT2D eigenvalue weighted by Crippen LogP contribution is 2.26. The largest absolute Gasteiger partial charge is 0.396 e. The monoisotopic (exact) mass is 262 g/mol. The summed E-state index contributed by atoms with van der Waals surface area (Å²) in [6.07, 6.45) is 3.96. The van der Waals surface area contributed by atoms with Crippen LogP contribution in [0.2, 0.25) is 0 Å². The molecule has 1 aromatic rings. The second kappa shape index (κ2) is 6.57. The van der Waals surface area contributed by atoms with Crippen LogP contribution in [0.5, 0.6) is 0 Å². The Bertz CT molecular complexity index is 400. The van der Waals surface area contributed by atoms with Gasteiger partial charge in [-0.25, -0.2) is 4.79 Å². The normalized spacial score (nSPS) is 22.8. The third kappa shape index (κ3) is 3.70. The highest BCUT2D eigenvalue weighted by atomic mass is 16.3. The van der Waals surface area contributed by atoms with Crippen molar-refractivity contribution >= 4 is 11.7 Å². The molecule has 2 amide bonds. The van der Waals surface area contributed by atoms with Crippen molar-refractivity contribution in [1.82, 2.24) is 4.90 Å². The predicted molar refractivity (Wildman–Crippen MR) is 76.1 cm³/mol. The van der Waals surface area contributed by atoms with E-state index in [-0.39, 0.29) is 18.7 Å². The van der Waals surface area contributed by atoms with E-state index in [1.807, 2.05) is 37.4 Å². The molecule has 1 aliphatic carbocycles. The molecule has 1 fully saturated rings. The first-order valence-corrected chi connectivity index (χ1v) is 6.90. The van der Waals surface area contributed by atoms with Crippen LogP contribution in [0.1, 0.15) is 25.7 Å². The molecular formula is C15H22N2O2. The zero-order valence-electron chi connectivity index (χ0n) is 11.4. The van der Waals surface area contributed by atoms with E-state index in [0.717, 1.165) is 31.4 Å². The summed E-state index contributed by atoms with van der Waals surface area (Å²) in [7, 11) is 1.85. The first kappa shape index (κ1) is 13.9. The summed E-state index contributed by atoms with van der Waals surface area (Å²) in [6, 6.07) is 9.73. The van der Waals surface area contributed by atoms with Gasteiger partial charge in [0.25, 0.3) is 0 Å². The van der Waals surface area contributed by atoms with Gasteiger partial charge in [0.15, 0.2) is 0 Å². The number of aliphatic hydroxyl groups is 1. The van der Waals surface area contributed by atoms with Crippen LogP contribution in [0.3, 0.4) is 0 Å². The van der Waals surface area contributed by atoms with Gasteiger partial charge in [-0.1, -0.05) is 18.2 Å². The van der Waals surface area contributed by atoms with Gasteiger partial charge in [-0.05, 0) is 43.7 Å². The van der Waals surface area contributed by atoms with E-state index >= 15 is 0 Å². The molecule has 0 radical (unpaired) electrons. The number of aliphatic hydroxyl groups excluding tert-OH is 1. The van der Waals surface area contributed by atoms with Crippen molar-refractivity contribution in [2.45, 2.75) is 31.7 Å². The van der Waals surface area contributed by atoms with Gasteiger partial charge < -0.3 is 15.3 Å². The summed E-state index contributed by atoms with van der Waals surface area (Å²) in [6.45, 7) is 0.270. The fourth-order valence-electron chi connectivity index (χ4n) is 2.61. The minimum Gasteiger partial charge on any atom is -0.396 e. The summed E-state index contributed by atoms with van der Waals surface area (Å²) in [5.41, 5.74) is 0.823. The van der Waals surface area contributed by atoms with Gasteiger partial charge in [-0.15, -0.1) is 0 Å². The van der Waals surface area contributed by atoms with Crippen LogP contribution in [0.25, 0.3) is 0 Å². The van der Waals surface area contributed by atoms with Crippen LogP contribution < -0.4 is 5.32 Å². The zero-order chi connectivity index (χ0) is 13.7. The number of para-hydroxylation sites is 1. The van der Waals surface area contributed by atoms with E-state index in [2.05, 4.69) is 5.32 Å². The summed E-state index contributed by atoms with van der Waals surface area (Å²) in [5, 5.41) is 12.0. The Morgan fingerprint density at radius 1 is 1.26 bits per heavy atom. The molecule has 0 heterocycles. The van der Waals surface area contributed by atoms with E-state index in [0.29, 0.717) is 5.92 Å². The van der Waals surface area contributed by atoms with E-state index in [1.54, 1.807) is 4.90 Å². The molecule has 2 rings (SSSR count). The molecule has 0 spiro atoms. The smallest absolute Gasteiger partial charge is 0.321 e. The predicted octanol–water partition coefficient (Wildman–Crippen LogP) is 2.70. The van der Waals surface area contributed by atoms with Crippen molar-refractivity contribution < 1.29 is 9.90 Å². The number of urea groups is 1. The Morgan fingerprint density at radius 2 is 1.89 bits per heavy atom. The number of anilines is 1. The summed E-state index contributed by atoms with van der Waals surface area (Å²) in [4.78, 5) is 13.9. The molecule has 4 nitrogen and oxygen atoms in total. The molecule has 0 aromatic heterocycles. The fourth-order valence-corrected chi connectivity index (χ4v) is 2.61. The first-order valence-electron chi connectivity index (χ1n) is 6.90. The minimum absolute atomic E-state index is 0.0568. The average Bonchev–Trinajstić information content (AvgIpc) is 2.47. The van der Waals surface area contributed by atoms with Crippen molar-refractivity contribution in [2.24, 2.45) is 5.92 Å².